The van der Waals surface area contributed by atoms with Gasteiger partial charge in [0.15, 0.2) is 0 Å². The number of rotatable bonds is 42. The van der Waals surface area contributed by atoms with Crippen molar-refractivity contribution in [3.8, 4) is 0 Å². The molecule has 2 atom stereocenters. The highest BCUT2D eigenvalue weighted by molar-refractivity contribution is 5.76. The molecule has 0 heterocycles. The van der Waals surface area contributed by atoms with E-state index in [-0.39, 0.29) is 18.5 Å². The van der Waals surface area contributed by atoms with Crippen LogP contribution in [0.2, 0.25) is 0 Å². The molecule has 0 aliphatic heterocycles. The Hall–Kier alpha value is -1.92. The first-order chi connectivity index (χ1) is 26.5. The molecule has 0 radical (unpaired) electrons. The minimum Gasteiger partial charge on any atom is -0.466 e. The van der Waals surface area contributed by atoms with Gasteiger partial charge in [-0.25, -0.2) is 0 Å². The minimum atomic E-state index is -0.672. The molecule has 0 fully saturated rings. The molecule has 0 aliphatic carbocycles. The fourth-order valence-corrected chi connectivity index (χ4v) is 6.79. The number of allylic oxidation sites excluding steroid dienone is 6. The van der Waals surface area contributed by atoms with Gasteiger partial charge in [0, 0.05) is 12.8 Å². The zero-order chi connectivity index (χ0) is 39.4. The number of unbranched alkanes of at least 4 members (excludes halogenated alkanes) is 25. The second kappa shape index (κ2) is 43.8. The van der Waals surface area contributed by atoms with Crippen LogP contribution in [0, 0.1) is 0 Å². The number of amides is 1. The number of carbonyl (C=O) groups is 2. The summed E-state index contributed by atoms with van der Waals surface area (Å²) in [4.78, 5) is 24.3. The van der Waals surface area contributed by atoms with Crippen LogP contribution in [0.4, 0.5) is 0 Å². The summed E-state index contributed by atoms with van der Waals surface area (Å²) in [6.45, 7) is 4.81. The number of carbonyl (C=O) groups excluding carboxylic acids is 2. The van der Waals surface area contributed by atoms with Gasteiger partial charge in [0.2, 0.25) is 5.91 Å². The van der Waals surface area contributed by atoms with Crippen molar-refractivity contribution in [1.29, 1.82) is 0 Å². The number of hydrogen-bond acceptors (Lipinski definition) is 5. The van der Waals surface area contributed by atoms with E-state index in [9.17, 15) is 19.8 Å². The van der Waals surface area contributed by atoms with Crippen LogP contribution in [0.3, 0.4) is 0 Å². The highest BCUT2D eigenvalue weighted by Crippen LogP contribution is 2.14. The average Bonchev–Trinajstić information content (AvgIpc) is 3.17. The Kier molecular flexibility index (Phi) is 42.2. The van der Waals surface area contributed by atoms with Crippen LogP contribution in [0.25, 0.3) is 0 Å². The second-order valence-corrected chi connectivity index (χ2v) is 15.7. The third-order valence-corrected chi connectivity index (χ3v) is 10.4. The fraction of sp³-hybridized carbons (Fsp3) is 0.833. The molecule has 6 nitrogen and oxygen atoms in total. The summed E-state index contributed by atoms with van der Waals surface area (Å²) in [5.74, 6) is -0.0816. The monoisotopic (exact) mass is 760 g/mol. The van der Waals surface area contributed by atoms with E-state index in [0.717, 1.165) is 83.5 Å². The predicted molar refractivity (Wildman–Crippen MR) is 232 cm³/mol. The standard InChI is InChI=1S/C48H89NO5/c1-3-5-7-9-11-13-14-18-22-26-30-34-38-42-48(53)54-43-39-35-31-27-23-20-17-15-16-19-21-25-29-33-37-41-47(52)49-45(44-50)46(51)40-36-32-28-24-12-10-8-6-4-2/h7,9,13-14,17,20,45-46,50-51H,3-6,8,10-12,15-16,18-19,21-44H2,1-2H3,(H,49,52)/b9-7-,14-13-,20-17-. The Morgan fingerprint density at radius 3 is 1.50 bits per heavy atom. The first kappa shape index (κ1) is 52.1. The van der Waals surface area contributed by atoms with Crippen molar-refractivity contribution in [2.75, 3.05) is 13.2 Å². The zero-order valence-electron chi connectivity index (χ0n) is 35.7. The molecule has 0 rings (SSSR count). The maximum Gasteiger partial charge on any atom is 0.305 e. The van der Waals surface area contributed by atoms with Gasteiger partial charge in [0.05, 0.1) is 25.4 Å². The lowest BCUT2D eigenvalue weighted by Gasteiger charge is -2.22. The molecule has 3 N–H and O–H groups in total. The van der Waals surface area contributed by atoms with Crippen molar-refractivity contribution in [3.63, 3.8) is 0 Å². The number of aliphatic hydroxyl groups is 2. The second-order valence-electron chi connectivity index (χ2n) is 15.7. The average molecular weight is 760 g/mol. The summed E-state index contributed by atoms with van der Waals surface area (Å²) in [5, 5.41) is 23.0. The third kappa shape index (κ3) is 39.8. The van der Waals surface area contributed by atoms with Gasteiger partial charge in [-0.05, 0) is 77.0 Å². The van der Waals surface area contributed by atoms with Crippen molar-refractivity contribution in [2.45, 2.75) is 244 Å². The van der Waals surface area contributed by atoms with Crippen LogP contribution in [0.15, 0.2) is 36.5 Å². The Bertz CT molecular complexity index is 884. The Morgan fingerprint density at radius 1 is 0.519 bits per heavy atom. The summed E-state index contributed by atoms with van der Waals surface area (Å²) in [5.41, 5.74) is 0. The van der Waals surface area contributed by atoms with Crippen molar-refractivity contribution < 1.29 is 24.5 Å². The molecule has 0 bridgehead atoms. The van der Waals surface area contributed by atoms with Gasteiger partial charge in [-0.15, -0.1) is 0 Å². The van der Waals surface area contributed by atoms with Crippen LogP contribution in [-0.4, -0.2) is 47.4 Å². The number of esters is 1. The molecule has 0 aromatic carbocycles. The Morgan fingerprint density at radius 2 is 0.963 bits per heavy atom. The molecule has 6 heteroatoms. The van der Waals surface area contributed by atoms with Gasteiger partial charge >= 0.3 is 5.97 Å². The topological polar surface area (TPSA) is 95.9 Å². The summed E-state index contributed by atoms with van der Waals surface area (Å²) in [6, 6.07) is -0.551. The number of hydrogen-bond donors (Lipinski definition) is 3. The number of nitrogens with one attached hydrogen (secondary N) is 1. The van der Waals surface area contributed by atoms with E-state index in [0.29, 0.717) is 25.9 Å². The summed E-state index contributed by atoms with van der Waals surface area (Å²) in [7, 11) is 0. The van der Waals surface area contributed by atoms with E-state index in [4.69, 9.17) is 4.74 Å². The van der Waals surface area contributed by atoms with Gasteiger partial charge < -0.3 is 20.3 Å². The van der Waals surface area contributed by atoms with Crippen LogP contribution in [0.5, 0.6) is 0 Å². The number of ether oxygens (including phenoxy) is 1. The molecule has 0 aromatic rings. The molecule has 0 saturated carbocycles. The van der Waals surface area contributed by atoms with Gasteiger partial charge in [-0.3, -0.25) is 9.59 Å². The van der Waals surface area contributed by atoms with Gasteiger partial charge in [0.1, 0.15) is 0 Å². The van der Waals surface area contributed by atoms with E-state index >= 15 is 0 Å². The molecular formula is C48H89NO5. The van der Waals surface area contributed by atoms with Crippen LogP contribution >= 0.6 is 0 Å². The lowest BCUT2D eigenvalue weighted by Crippen LogP contribution is -2.45. The highest BCUT2D eigenvalue weighted by Gasteiger charge is 2.20. The molecule has 2 unspecified atom stereocenters. The highest BCUT2D eigenvalue weighted by atomic mass is 16.5. The first-order valence-corrected chi connectivity index (χ1v) is 23.2. The van der Waals surface area contributed by atoms with Crippen LogP contribution in [0.1, 0.15) is 232 Å². The molecule has 54 heavy (non-hydrogen) atoms. The molecular weight excluding hydrogens is 671 g/mol. The smallest absolute Gasteiger partial charge is 0.305 e. The lowest BCUT2D eigenvalue weighted by atomic mass is 10.0. The minimum absolute atomic E-state index is 0.0266. The molecule has 1 amide bonds. The largest absolute Gasteiger partial charge is 0.466 e. The van der Waals surface area contributed by atoms with Crippen molar-refractivity contribution >= 4 is 11.9 Å². The molecule has 0 aliphatic rings. The van der Waals surface area contributed by atoms with Gasteiger partial charge in [-0.1, -0.05) is 179 Å². The lowest BCUT2D eigenvalue weighted by molar-refractivity contribution is -0.143. The summed E-state index contributed by atoms with van der Waals surface area (Å²) in [6.07, 6.45) is 51.1. The van der Waals surface area contributed by atoms with Crippen LogP contribution < -0.4 is 5.32 Å². The SMILES string of the molecule is CCC/C=C\C/C=C\CCCCCCCC(=O)OCCCCCC/C=C\CCCCCCCCCC(=O)NC(CO)C(O)CCCCCCCCCCC. The van der Waals surface area contributed by atoms with Gasteiger partial charge in [-0.2, -0.15) is 0 Å². The van der Waals surface area contributed by atoms with E-state index in [2.05, 4.69) is 55.6 Å². The van der Waals surface area contributed by atoms with Gasteiger partial charge in [0.25, 0.3) is 0 Å². The van der Waals surface area contributed by atoms with E-state index < -0.39 is 12.1 Å². The normalized spacial score (nSPS) is 13.0. The zero-order valence-corrected chi connectivity index (χ0v) is 35.7. The van der Waals surface area contributed by atoms with Crippen molar-refractivity contribution in [3.05, 3.63) is 36.5 Å². The molecule has 0 spiro atoms. The predicted octanol–water partition coefficient (Wildman–Crippen LogP) is 13.3. The Balaban J connectivity index is 3.48. The first-order valence-electron chi connectivity index (χ1n) is 23.2. The quantitative estimate of drug-likeness (QED) is 0.0327. The van der Waals surface area contributed by atoms with E-state index in [1.54, 1.807) is 0 Å². The molecule has 316 valence electrons. The maximum absolute atomic E-state index is 12.4. The number of aliphatic hydroxyl groups excluding tert-OH is 2. The van der Waals surface area contributed by atoms with E-state index in [1.807, 2.05) is 0 Å². The fourth-order valence-electron chi connectivity index (χ4n) is 6.79. The Labute approximate surface area is 334 Å². The van der Waals surface area contributed by atoms with Crippen molar-refractivity contribution in [1.82, 2.24) is 5.32 Å². The van der Waals surface area contributed by atoms with Crippen LogP contribution in [-0.2, 0) is 14.3 Å². The molecule has 0 saturated heterocycles. The third-order valence-electron chi connectivity index (χ3n) is 10.4. The van der Waals surface area contributed by atoms with Crippen molar-refractivity contribution in [2.24, 2.45) is 0 Å². The van der Waals surface area contributed by atoms with E-state index in [1.165, 1.54) is 116 Å². The maximum atomic E-state index is 12.4. The molecule has 0 aromatic heterocycles. The summed E-state index contributed by atoms with van der Waals surface area (Å²) >= 11 is 0. The summed E-state index contributed by atoms with van der Waals surface area (Å²) < 4.78 is 5.43.